The number of aryl methyl sites for hydroxylation is 1. The van der Waals surface area contributed by atoms with E-state index in [0.717, 1.165) is 44.6 Å². The molecule has 2 rings (SSSR count). The summed E-state index contributed by atoms with van der Waals surface area (Å²) in [5.41, 5.74) is 1.88. The Morgan fingerprint density at radius 1 is 1.44 bits per heavy atom. The van der Waals surface area contributed by atoms with E-state index in [0.29, 0.717) is 6.61 Å². The minimum Gasteiger partial charge on any atom is -0.492 e. The van der Waals surface area contributed by atoms with Gasteiger partial charge in [-0.15, -0.1) is 0 Å². The van der Waals surface area contributed by atoms with E-state index in [1.54, 1.807) is 11.3 Å². The van der Waals surface area contributed by atoms with Crippen molar-refractivity contribution in [2.75, 3.05) is 18.5 Å². The number of ether oxygens (including phenoxy) is 1. The van der Waals surface area contributed by atoms with Gasteiger partial charge in [0.1, 0.15) is 11.3 Å². The van der Waals surface area contributed by atoms with E-state index in [1.807, 2.05) is 19.9 Å². The first-order valence-corrected chi connectivity index (χ1v) is 7.33. The van der Waals surface area contributed by atoms with Crippen molar-refractivity contribution in [3.8, 4) is 5.75 Å². The molecule has 0 aliphatic carbocycles. The van der Waals surface area contributed by atoms with Gasteiger partial charge >= 0.3 is 0 Å². The van der Waals surface area contributed by atoms with E-state index >= 15 is 0 Å². The predicted octanol–water partition coefficient (Wildman–Crippen LogP) is 4.48. The second-order valence-electron chi connectivity index (χ2n) is 4.06. The molecule has 1 aromatic heterocycles. The smallest absolute Gasteiger partial charge is 0.183 e. The fraction of sp³-hybridized carbons (Fsp3) is 0.462. The van der Waals surface area contributed by atoms with Crippen LogP contribution in [0, 0.1) is 6.92 Å². The van der Waals surface area contributed by atoms with Crippen LogP contribution in [0.4, 0.5) is 5.13 Å². The lowest BCUT2D eigenvalue weighted by atomic mass is 10.2. The van der Waals surface area contributed by atoms with Gasteiger partial charge in [0, 0.05) is 6.54 Å². The zero-order valence-electron chi connectivity index (χ0n) is 10.8. The van der Waals surface area contributed by atoms with E-state index in [1.165, 1.54) is 0 Å². The van der Waals surface area contributed by atoms with Crippen molar-refractivity contribution in [1.29, 1.82) is 0 Å². The van der Waals surface area contributed by atoms with Crippen LogP contribution in [0.5, 0.6) is 5.75 Å². The summed E-state index contributed by atoms with van der Waals surface area (Å²) >= 11 is 7.92. The summed E-state index contributed by atoms with van der Waals surface area (Å²) in [6.45, 7) is 7.64. The Kier molecular flexibility index (Phi) is 4.30. The van der Waals surface area contributed by atoms with Gasteiger partial charge in [0.05, 0.1) is 16.3 Å². The molecule has 3 nitrogen and oxygen atoms in total. The van der Waals surface area contributed by atoms with Crippen molar-refractivity contribution in [3.05, 3.63) is 16.7 Å². The van der Waals surface area contributed by atoms with Crippen LogP contribution in [0.3, 0.4) is 0 Å². The Labute approximate surface area is 116 Å². The van der Waals surface area contributed by atoms with Crippen LogP contribution in [0.15, 0.2) is 6.07 Å². The summed E-state index contributed by atoms with van der Waals surface area (Å²) in [5, 5.41) is 4.97. The molecule has 0 radical (unpaired) electrons. The van der Waals surface area contributed by atoms with Crippen LogP contribution >= 0.6 is 22.9 Å². The van der Waals surface area contributed by atoms with Crippen molar-refractivity contribution < 1.29 is 4.74 Å². The Bertz CT molecular complexity index is 553. The summed E-state index contributed by atoms with van der Waals surface area (Å²) in [7, 11) is 0. The number of benzene rings is 1. The fourth-order valence-electron chi connectivity index (χ4n) is 1.72. The molecule has 0 saturated carbocycles. The van der Waals surface area contributed by atoms with Crippen LogP contribution < -0.4 is 10.1 Å². The zero-order valence-corrected chi connectivity index (χ0v) is 12.4. The highest BCUT2D eigenvalue weighted by atomic mass is 35.5. The number of aromatic nitrogens is 1. The van der Waals surface area contributed by atoms with Crippen LogP contribution in [0.1, 0.15) is 25.8 Å². The molecular weight excluding hydrogens is 268 g/mol. The van der Waals surface area contributed by atoms with Crippen molar-refractivity contribution >= 4 is 38.3 Å². The number of hydrogen-bond donors (Lipinski definition) is 1. The van der Waals surface area contributed by atoms with Gasteiger partial charge in [-0.25, -0.2) is 4.98 Å². The Hall–Kier alpha value is -1.000. The van der Waals surface area contributed by atoms with Gasteiger partial charge in [-0.05, 0) is 31.9 Å². The first-order chi connectivity index (χ1) is 8.67. The summed E-state index contributed by atoms with van der Waals surface area (Å²) in [6, 6.07) is 1.96. The standard InChI is InChI=1S/C13H17ClN2OS/c1-4-6-15-13-16-11-9(17-5-2)7-8(3)10(14)12(11)18-13/h7H,4-6H2,1-3H3,(H,15,16). The lowest BCUT2D eigenvalue weighted by molar-refractivity contribution is 0.343. The number of nitrogens with zero attached hydrogens (tertiary/aromatic N) is 1. The average molecular weight is 285 g/mol. The second-order valence-corrected chi connectivity index (χ2v) is 5.44. The van der Waals surface area contributed by atoms with Gasteiger partial charge in [0.15, 0.2) is 5.13 Å². The molecule has 1 N–H and O–H groups in total. The second kappa shape index (κ2) is 5.76. The summed E-state index contributed by atoms with van der Waals surface area (Å²) < 4.78 is 6.63. The maximum Gasteiger partial charge on any atom is 0.183 e. The molecule has 5 heteroatoms. The van der Waals surface area contributed by atoms with E-state index in [-0.39, 0.29) is 0 Å². The molecule has 0 saturated heterocycles. The number of nitrogens with one attached hydrogen (secondary N) is 1. The SMILES string of the molecule is CCCNc1nc2c(OCC)cc(C)c(Cl)c2s1. The Morgan fingerprint density at radius 3 is 2.89 bits per heavy atom. The van der Waals surface area contributed by atoms with E-state index in [2.05, 4.69) is 17.2 Å². The van der Waals surface area contributed by atoms with Gasteiger partial charge in [0.2, 0.25) is 0 Å². The number of rotatable bonds is 5. The van der Waals surface area contributed by atoms with Crippen molar-refractivity contribution in [3.63, 3.8) is 0 Å². The van der Waals surface area contributed by atoms with E-state index < -0.39 is 0 Å². The van der Waals surface area contributed by atoms with Gasteiger partial charge < -0.3 is 10.1 Å². The maximum absolute atomic E-state index is 6.33. The fourth-order valence-corrected chi connectivity index (χ4v) is 2.97. The lowest BCUT2D eigenvalue weighted by Gasteiger charge is -2.06. The molecule has 2 aromatic rings. The number of halogens is 1. The van der Waals surface area contributed by atoms with Crippen LogP contribution in [0.2, 0.25) is 5.02 Å². The average Bonchev–Trinajstić information content (AvgIpc) is 2.78. The molecule has 0 atom stereocenters. The number of thiazole rings is 1. The predicted molar refractivity (Wildman–Crippen MR) is 79.3 cm³/mol. The molecule has 18 heavy (non-hydrogen) atoms. The number of hydrogen-bond acceptors (Lipinski definition) is 4. The largest absolute Gasteiger partial charge is 0.492 e. The maximum atomic E-state index is 6.33. The van der Waals surface area contributed by atoms with Crippen molar-refractivity contribution in [2.24, 2.45) is 0 Å². The third-order valence-electron chi connectivity index (χ3n) is 2.58. The molecule has 1 heterocycles. The summed E-state index contributed by atoms with van der Waals surface area (Å²) in [5.74, 6) is 0.815. The topological polar surface area (TPSA) is 34.2 Å². The van der Waals surface area contributed by atoms with Gasteiger partial charge in [-0.2, -0.15) is 0 Å². The highest BCUT2D eigenvalue weighted by Gasteiger charge is 2.14. The minimum absolute atomic E-state index is 0.630. The molecule has 0 unspecified atom stereocenters. The molecule has 0 amide bonds. The highest BCUT2D eigenvalue weighted by Crippen LogP contribution is 2.39. The van der Waals surface area contributed by atoms with Crippen LogP contribution in [0.25, 0.3) is 10.2 Å². The van der Waals surface area contributed by atoms with Crippen LogP contribution in [-0.2, 0) is 0 Å². The number of anilines is 1. The zero-order chi connectivity index (χ0) is 13.1. The molecule has 0 aliphatic heterocycles. The van der Waals surface area contributed by atoms with E-state index in [4.69, 9.17) is 16.3 Å². The van der Waals surface area contributed by atoms with Gasteiger partial charge in [-0.1, -0.05) is 29.9 Å². The first-order valence-electron chi connectivity index (χ1n) is 6.13. The van der Waals surface area contributed by atoms with Crippen molar-refractivity contribution in [2.45, 2.75) is 27.2 Å². The van der Waals surface area contributed by atoms with Crippen molar-refractivity contribution in [1.82, 2.24) is 4.98 Å². The van der Waals surface area contributed by atoms with Gasteiger partial charge in [0.25, 0.3) is 0 Å². The quantitative estimate of drug-likeness (QED) is 0.879. The molecule has 1 aromatic carbocycles. The minimum atomic E-state index is 0.630. The molecule has 0 fully saturated rings. The first kappa shape index (κ1) is 13.4. The molecule has 0 bridgehead atoms. The highest BCUT2D eigenvalue weighted by molar-refractivity contribution is 7.22. The monoisotopic (exact) mass is 284 g/mol. The summed E-state index contributed by atoms with van der Waals surface area (Å²) in [6.07, 6.45) is 1.07. The Morgan fingerprint density at radius 2 is 2.22 bits per heavy atom. The number of fused-ring (bicyclic) bond motifs is 1. The molecule has 0 aliphatic rings. The van der Waals surface area contributed by atoms with E-state index in [9.17, 15) is 0 Å². The normalized spacial score (nSPS) is 10.9. The lowest BCUT2D eigenvalue weighted by Crippen LogP contribution is -1.98. The molecule has 98 valence electrons. The third kappa shape index (κ3) is 2.54. The summed E-state index contributed by atoms with van der Waals surface area (Å²) in [4.78, 5) is 4.57. The Balaban J connectivity index is 2.50. The molecular formula is C13H17ClN2OS. The third-order valence-corrected chi connectivity index (χ3v) is 4.21. The van der Waals surface area contributed by atoms with Crippen LogP contribution in [-0.4, -0.2) is 18.1 Å². The molecule has 0 spiro atoms. The van der Waals surface area contributed by atoms with Gasteiger partial charge in [-0.3, -0.25) is 0 Å².